The van der Waals surface area contributed by atoms with Crippen LogP contribution in [0.5, 0.6) is 0 Å². The normalized spacial score (nSPS) is 13.4. The number of aromatic amines is 1. The maximum absolute atomic E-state index is 13.5. The van der Waals surface area contributed by atoms with Gasteiger partial charge in [0.1, 0.15) is 11.5 Å². The van der Waals surface area contributed by atoms with Crippen LogP contribution in [0.1, 0.15) is 33.7 Å². The number of nitrogens with zero attached hydrogens (tertiary/aromatic N) is 4. The van der Waals surface area contributed by atoms with E-state index in [2.05, 4.69) is 15.2 Å². The Bertz CT molecular complexity index is 1310. The van der Waals surface area contributed by atoms with Crippen molar-refractivity contribution in [1.82, 2.24) is 24.6 Å². The number of ketones is 1. The molecule has 7 nitrogen and oxygen atoms in total. The molecule has 0 unspecified atom stereocenters. The number of carbonyl (C=O) groups excluding carboxylic acids is 2. The number of Topliss-reactive ketones (excluding diaryl/α,β-unsaturated/α-hetero) is 1. The number of hydrogen-bond donors (Lipinski definition) is 1. The smallest absolute Gasteiger partial charge is 0.270 e. The van der Waals surface area contributed by atoms with Crippen molar-refractivity contribution in [3.05, 3.63) is 83.9 Å². The molecular weight excluding hydrogens is 453 g/mol. The van der Waals surface area contributed by atoms with Crippen LogP contribution in [0.2, 0.25) is 0 Å². The molecular formula is C25H22FN5O2S. The number of amides is 1. The van der Waals surface area contributed by atoms with E-state index in [4.69, 9.17) is 0 Å². The van der Waals surface area contributed by atoms with Crippen molar-refractivity contribution in [2.45, 2.75) is 18.0 Å². The molecule has 0 radical (unpaired) electrons. The summed E-state index contributed by atoms with van der Waals surface area (Å²) in [5.74, 6) is 0.171. The van der Waals surface area contributed by atoms with Crippen LogP contribution in [0.25, 0.3) is 17.1 Å². The van der Waals surface area contributed by atoms with Crippen LogP contribution in [-0.4, -0.2) is 55.2 Å². The number of likely N-dealkylation sites (tertiary alicyclic amines) is 1. The molecule has 9 heteroatoms. The van der Waals surface area contributed by atoms with Crippen molar-refractivity contribution in [2.24, 2.45) is 0 Å². The number of aromatic nitrogens is 4. The summed E-state index contributed by atoms with van der Waals surface area (Å²) in [5.41, 5.74) is 2.43. The fraction of sp³-hybridized carbons (Fsp3) is 0.200. The van der Waals surface area contributed by atoms with Crippen LogP contribution >= 0.6 is 11.8 Å². The third kappa shape index (κ3) is 4.51. The van der Waals surface area contributed by atoms with Crippen LogP contribution in [0, 0.1) is 5.82 Å². The fourth-order valence-electron chi connectivity index (χ4n) is 3.94. The van der Waals surface area contributed by atoms with Gasteiger partial charge in [-0.05, 0) is 43.2 Å². The van der Waals surface area contributed by atoms with Crippen LogP contribution in [0.15, 0.2) is 72.0 Å². The molecule has 3 heterocycles. The number of rotatable bonds is 7. The predicted octanol–water partition coefficient (Wildman–Crippen LogP) is 4.61. The summed E-state index contributed by atoms with van der Waals surface area (Å²) >= 11 is 1.24. The third-order valence-electron chi connectivity index (χ3n) is 5.71. The van der Waals surface area contributed by atoms with Gasteiger partial charge in [-0.2, -0.15) is 0 Å². The quantitative estimate of drug-likeness (QED) is 0.312. The minimum Gasteiger partial charge on any atom is -0.356 e. The van der Waals surface area contributed by atoms with Crippen molar-refractivity contribution in [3.63, 3.8) is 0 Å². The molecule has 172 valence electrons. The Hall–Kier alpha value is -3.72. The zero-order valence-electron chi connectivity index (χ0n) is 18.3. The molecule has 2 aromatic carbocycles. The van der Waals surface area contributed by atoms with Crippen molar-refractivity contribution in [1.29, 1.82) is 0 Å². The Morgan fingerprint density at radius 3 is 2.47 bits per heavy atom. The van der Waals surface area contributed by atoms with Gasteiger partial charge in [-0.25, -0.2) is 4.39 Å². The fourth-order valence-corrected chi connectivity index (χ4v) is 4.79. The van der Waals surface area contributed by atoms with E-state index in [9.17, 15) is 14.0 Å². The highest BCUT2D eigenvalue weighted by molar-refractivity contribution is 7.99. The van der Waals surface area contributed by atoms with Gasteiger partial charge in [0.2, 0.25) is 0 Å². The number of thioether (sulfide) groups is 1. The maximum Gasteiger partial charge on any atom is 0.270 e. The van der Waals surface area contributed by atoms with Gasteiger partial charge in [0.25, 0.3) is 5.91 Å². The van der Waals surface area contributed by atoms with E-state index in [1.807, 2.05) is 34.9 Å². The zero-order valence-corrected chi connectivity index (χ0v) is 19.1. The SMILES string of the molecule is O=C(CSc1nnc(-c2ccccc2)n1-c1ccc(F)cc1)c1c[nH]c(C(=O)N2CCCC2)c1. The van der Waals surface area contributed by atoms with Crippen LogP contribution in [-0.2, 0) is 0 Å². The van der Waals surface area contributed by atoms with E-state index in [-0.39, 0.29) is 23.3 Å². The third-order valence-corrected chi connectivity index (χ3v) is 6.64. The van der Waals surface area contributed by atoms with Crippen LogP contribution < -0.4 is 0 Å². The molecule has 0 bridgehead atoms. The Labute approximate surface area is 200 Å². The highest BCUT2D eigenvalue weighted by atomic mass is 32.2. The number of H-pyrrole nitrogens is 1. The lowest BCUT2D eigenvalue weighted by Gasteiger charge is -2.13. The van der Waals surface area contributed by atoms with Crippen molar-refractivity contribution in [2.75, 3.05) is 18.8 Å². The summed E-state index contributed by atoms with van der Waals surface area (Å²) in [6, 6.07) is 17.2. The second-order valence-corrected chi connectivity index (χ2v) is 8.94. The van der Waals surface area contributed by atoms with Gasteiger partial charge >= 0.3 is 0 Å². The standard InChI is InChI=1S/C25H22FN5O2S/c26-19-8-10-20(11-9-19)31-23(17-6-2-1-3-7-17)28-29-25(31)34-16-22(32)18-14-21(27-15-18)24(33)30-12-4-5-13-30/h1-3,6-11,14-15,27H,4-5,12-13,16H2. The van der Waals surface area contributed by atoms with E-state index in [0.29, 0.717) is 27.9 Å². The summed E-state index contributed by atoms with van der Waals surface area (Å²) in [5, 5.41) is 9.16. The molecule has 1 amide bonds. The molecule has 1 aliphatic rings. The number of benzene rings is 2. The zero-order chi connectivity index (χ0) is 23.5. The van der Waals surface area contributed by atoms with Gasteiger partial charge in [0.15, 0.2) is 16.8 Å². The number of hydrogen-bond acceptors (Lipinski definition) is 5. The first-order valence-electron chi connectivity index (χ1n) is 11.0. The Morgan fingerprint density at radius 1 is 1.00 bits per heavy atom. The average Bonchev–Trinajstić information content (AvgIpc) is 3.64. The molecule has 1 N–H and O–H groups in total. The van der Waals surface area contributed by atoms with Crippen molar-refractivity contribution in [3.8, 4) is 17.1 Å². The second-order valence-electron chi connectivity index (χ2n) is 8.00. The minimum absolute atomic E-state index is 0.0761. The molecule has 2 aromatic heterocycles. The van der Waals surface area contributed by atoms with E-state index < -0.39 is 0 Å². The molecule has 1 saturated heterocycles. The molecule has 4 aromatic rings. The molecule has 0 saturated carbocycles. The topological polar surface area (TPSA) is 83.9 Å². The summed E-state index contributed by atoms with van der Waals surface area (Å²) in [4.78, 5) is 30.2. The van der Waals surface area contributed by atoms with E-state index >= 15 is 0 Å². The van der Waals surface area contributed by atoms with E-state index in [1.165, 1.54) is 23.9 Å². The molecule has 1 fully saturated rings. The Kier molecular flexibility index (Phi) is 6.27. The molecule has 5 rings (SSSR count). The molecule has 34 heavy (non-hydrogen) atoms. The molecule has 0 atom stereocenters. The van der Waals surface area contributed by atoms with Gasteiger partial charge in [0.05, 0.1) is 5.75 Å². The summed E-state index contributed by atoms with van der Waals surface area (Å²) in [6.07, 6.45) is 3.59. The number of carbonyl (C=O) groups is 2. The average molecular weight is 476 g/mol. The molecule has 0 spiro atoms. The number of halogens is 1. The van der Waals surface area contributed by atoms with Gasteiger partial charge in [-0.15, -0.1) is 10.2 Å². The first-order chi connectivity index (χ1) is 16.6. The first-order valence-corrected chi connectivity index (χ1v) is 12.0. The summed E-state index contributed by atoms with van der Waals surface area (Å²) in [7, 11) is 0. The lowest BCUT2D eigenvalue weighted by molar-refractivity contribution is 0.0787. The van der Waals surface area contributed by atoms with Crippen molar-refractivity contribution < 1.29 is 14.0 Å². The summed E-state index contributed by atoms with van der Waals surface area (Å²) < 4.78 is 15.3. The van der Waals surface area contributed by atoms with Gasteiger partial charge < -0.3 is 9.88 Å². The van der Waals surface area contributed by atoms with E-state index in [0.717, 1.165) is 31.5 Å². The predicted molar refractivity (Wildman–Crippen MR) is 128 cm³/mol. The van der Waals surface area contributed by atoms with Gasteiger partial charge in [0, 0.05) is 36.1 Å². The minimum atomic E-state index is -0.339. The van der Waals surface area contributed by atoms with Gasteiger partial charge in [-0.1, -0.05) is 42.1 Å². The summed E-state index contributed by atoms with van der Waals surface area (Å²) in [6.45, 7) is 1.50. The van der Waals surface area contributed by atoms with Crippen LogP contribution in [0.3, 0.4) is 0 Å². The Balaban J connectivity index is 1.36. The number of nitrogens with one attached hydrogen (secondary N) is 1. The lowest BCUT2D eigenvalue weighted by Crippen LogP contribution is -2.27. The van der Waals surface area contributed by atoms with Gasteiger partial charge in [-0.3, -0.25) is 14.2 Å². The lowest BCUT2D eigenvalue weighted by atomic mass is 10.2. The Morgan fingerprint density at radius 2 is 1.74 bits per heavy atom. The van der Waals surface area contributed by atoms with E-state index in [1.54, 1.807) is 29.3 Å². The molecule has 0 aliphatic carbocycles. The maximum atomic E-state index is 13.5. The largest absolute Gasteiger partial charge is 0.356 e. The van der Waals surface area contributed by atoms with Crippen LogP contribution in [0.4, 0.5) is 4.39 Å². The second kappa shape index (κ2) is 9.64. The highest BCUT2D eigenvalue weighted by Crippen LogP contribution is 2.28. The monoisotopic (exact) mass is 475 g/mol. The first kappa shape index (κ1) is 22.1. The van der Waals surface area contributed by atoms with Crippen molar-refractivity contribution >= 4 is 23.5 Å². The highest BCUT2D eigenvalue weighted by Gasteiger charge is 2.22. The molecule has 1 aliphatic heterocycles.